The average Bonchev–Trinajstić information content (AvgIpc) is 3.52. The third kappa shape index (κ3) is 2.61. The van der Waals surface area contributed by atoms with Crippen LogP contribution in [0.15, 0.2) is 66.6 Å². The number of hydrogen-bond acceptors (Lipinski definition) is 6. The third-order valence-electron chi connectivity index (χ3n) is 4.81. The van der Waals surface area contributed by atoms with Crippen LogP contribution in [-0.2, 0) is 0 Å². The fourth-order valence-electron chi connectivity index (χ4n) is 3.46. The molecule has 0 bridgehead atoms. The number of nitrogens with zero attached hydrogens (tertiary/aromatic N) is 5. The number of rotatable bonds is 3. The molecule has 0 aliphatic rings. The van der Waals surface area contributed by atoms with Gasteiger partial charge in [0.25, 0.3) is 0 Å². The highest BCUT2D eigenvalue weighted by Gasteiger charge is 2.16. The molecule has 29 heavy (non-hydrogen) atoms. The molecule has 6 aromatic heterocycles. The van der Waals surface area contributed by atoms with Crippen molar-refractivity contribution in [2.75, 3.05) is 0 Å². The minimum absolute atomic E-state index is 0.722. The molecule has 0 aromatic carbocycles. The molecule has 8 heteroatoms. The van der Waals surface area contributed by atoms with Crippen molar-refractivity contribution >= 4 is 33.4 Å². The maximum atomic E-state index is 4.79. The van der Waals surface area contributed by atoms with Crippen molar-refractivity contribution in [3.05, 3.63) is 66.6 Å². The number of hydrogen-bond donors (Lipinski definition) is 2. The van der Waals surface area contributed by atoms with Gasteiger partial charge in [0.15, 0.2) is 0 Å². The second-order valence-corrected chi connectivity index (χ2v) is 7.48. The van der Waals surface area contributed by atoms with E-state index in [-0.39, 0.29) is 0 Å². The lowest BCUT2D eigenvalue weighted by atomic mass is 10.1. The summed E-state index contributed by atoms with van der Waals surface area (Å²) < 4.78 is 0. The standard InChI is InChI=1S/C21H13N7S/c1-2-18(29-9-1)12-5-6-24-21-13(12)10-16(26-21)20-19-15(27-28-20)4-3-14(25-19)17-11-22-7-8-23-17/h1-11H,(H,24,26)(H,27,28). The topological polar surface area (TPSA) is 96.0 Å². The molecule has 0 aliphatic heterocycles. The van der Waals surface area contributed by atoms with Gasteiger partial charge < -0.3 is 4.98 Å². The van der Waals surface area contributed by atoms with Crippen LogP contribution < -0.4 is 0 Å². The number of aromatic nitrogens is 7. The van der Waals surface area contributed by atoms with Crippen molar-refractivity contribution in [2.24, 2.45) is 0 Å². The van der Waals surface area contributed by atoms with E-state index in [0.29, 0.717) is 0 Å². The zero-order valence-electron chi connectivity index (χ0n) is 15.0. The van der Waals surface area contributed by atoms with Gasteiger partial charge in [-0.15, -0.1) is 11.3 Å². The highest BCUT2D eigenvalue weighted by Crippen LogP contribution is 2.34. The van der Waals surface area contributed by atoms with Gasteiger partial charge >= 0.3 is 0 Å². The van der Waals surface area contributed by atoms with Crippen molar-refractivity contribution in [3.8, 4) is 33.2 Å². The molecular formula is C21H13N7S. The Bertz CT molecular complexity index is 1450. The second kappa shape index (κ2) is 6.32. The first-order valence-electron chi connectivity index (χ1n) is 9.00. The monoisotopic (exact) mass is 395 g/mol. The fraction of sp³-hybridized carbons (Fsp3) is 0. The van der Waals surface area contributed by atoms with Gasteiger partial charge in [0.1, 0.15) is 22.6 Å². The zero-order chi connectivity index (χ0) is 19.2. The lowest BCUT2D eigenvalue weighted by Crippen LogP contribution is -1.89. The zero-order valence-corrected chi connectivity index (χ0v) is 15.8. The van der Waals surface area contributed by atoms with Crippen molar-refractivity contribution in [3.63, 3.8) is 0 Å². The van der Waals surface area contributed by atoms with Crippen LogP contribution in [0.4, 0.5) is 0 Å². The Kier molecular flexibility index (Phi) is 3.50. The van der Waals surface area contributed by atoms with Gasteiger partial charge in [-0.25, -0.2) is 9.97 Å². The summed E-state index contributed by atoms with van der Waals surface area (Å²) in [6.07, 6.45) is 6.83. The molecule has 0 atom stereocenters. The van der Waals surface area contributed by atoms with Crippen molar-refractivity contribution in [1.29, 1.82) is 0 Å². The Morgan fingerprint density at radius 3 is 2.79 bits per heavy atom. The lowest BCUT2D eigenvalue weighted by Gasteiger charge is -1.99. The predicted octanol–water partition coefficient (Wildman–Crippen LogP) is 4.69. The number of nitrogens with one attached hydrogen (secondary N) is 2. The molecule has 138 valence electrons. The van der Waals surface area contributed by atoms with Gasteiger partial charge in [-0.05, 0) is 35.7 Å². The van der Waals surface area contributed by atoms with E-state index in [1.165, 1.54) is 4.88 Å². The summed E-state index contributed by atoms with van der Waals surface area (Å²) >= 11 is 1.71. The molecule has 0 fully saturated rings. The summed E-state index contributed by atoms with van der Waals surface area (Å²) in [6.45, 7) is 0. The molecule has 6 heterocycles. The van der Waals surface area contributed by atoms with Gasteiger partial charge in [0.05, 0.1) is 23.1 Å². The summed E-state index contributed by atoms with van der Waals surface area (Å²) in [5.74, 6) is 0. The van der Waals surface area contributed by atoms with Gasteiger partial charge in [0.2, 0.25) is 0 Å². The van der Waals surface area contributed by atoms with Crippen LogP contribution in [-0.4, -0.2) is 35.1 Å². The largest absolute Gasteiger partial charge is 0.338 e. The summed E-state index contributed by atoms with van der Waals surface area (Å²) in [7, 11) is 0. The highest BCUT2D eigenvalue weighted by molar-refractivity contribution is 7.13. The van der Waals surface area contributed by atoms with E-state index < -0.39 is 0 Å². The van der Waals surface area contributed by atoms with Gasteiger partial charge in [-0.1, -0.05) is 6.07 Å². The molecule has 0 saturated carbocycles. The molecule has 0 radical (unpaired) electrons. The number of fused-ring (bicyclic) bond motifs is 2. The van der Waals surface area contributed by atoms with Gasteiger partial charge in [-0.3, -0.25) is 15.1 Å². The van der Waals surface area contributed by atoms with E-state index in [1.807, 2.05) is 24.4 Å². The molecule has 0 spiro atoms. The van der Waals surface area contributed by atoms with E-state index in [4.69, 9.17) is 4.98 Å². The van der Waals surface area contributed by atoms with E-state index in [1.54, 1.807) is 29.9 Å². The molecular weight excluding hydrogens is 382 g/mol. The molecule has 0 saturated heterocycles. The molecule has 0 unspecified atom stereocenters. The number of aromatic amines is 2. The first kappa shape index (κ1) is 16.1. The Balaban J connectivity index is 1.53. The van der Waals surface area contributed by atoms with Crippen LogP contribution in [0.2, 0.25) is 0 Å². The average molecular weight is 395 g/mol. The molecule has 0 aliphatic carbocycles. The summed E-state index contributed by atoms with van der Waals surface area (Å²) in [6, 6.07) is 12.2. The second-order valence-electron chi connectivity index (χ2n) is 6.54. The van der Waals surface area contributed by atoms with Crippen LogP contribution in [0.25, 0.3) is 55.3 Å². The Labute approximate surface area is 168 Å². The maximum Gasteiger partial charge on any atom is 0.138 e. The van der Waals surface area contributed by atoms with E-state index in [9.17, 15) is 0 Å². The molecule has 6 aromatic rings. The van der Waals surface area contributed by atoms with Crippen LogP contribution in [0.1, 0.15) is 0 Å². The maximum absolute atomic E-state index is 4.79. The van der Waals surface area contributed by atoms with E-state index in [2.05, 4.69) is 53.7 Å². The van der Waals surface area contributed by atoms with E-state index >= 15 is 0 Å². The molecule has 2 N–H and O–H groups in total. The van der Waals surface area contributed by atoms with Crippen molar-refractivity contribution in [1.82, 2.24) is 35.1 Å². The quantitative estimate of drug-likeness (QED) is 0.453. The molecule has 0 amide bonds. The number of pyridine rings is 2. The Morgan fingerprint density at radius 2 is 1.93 bits per heavy atom. The SMILES string of the molecule is c1csc(-c2ccnc3[nH]c(-c4n[nH]c5ccc(-c6cnccn6)nc45)cc23)c1. The minimum Gasteiger partial charge on any atom is -0.338 e. The van der Waals surface area contributed by atoms with Gasteiger partial charge in [0, 0.05) is 34.4 Å². The number of H-pyrrole nitrogens is 2. The number of thiophene rings is 1. The van der Waals surface area contributed by atoms with Crippen LogP contribution >= 0.6 is 11.3 Å². The Morgan fingerprint density at radius 1 is 0.931 bits per heavy atom. The molecule has 7 nitrogen and oxygen atoms in total. The van der Waals surface area contributed by atoms with Crippen LogP contribution in [0.3, 0.4) is 0 Å². The van der Waals surface area contributed by atoms with E-state index in [0.717, 1.165) is 50.4 Å². The normalized spacial score (nSPS) is 11.4. The third-order valence-corrected chi connectivity index (χ3v) is 5.71. The molecule has 6 rings (SSSR count). The lowest BCUT2D eigenvalue weighted by molar-refractivity contribution is 1.12. The van der Waals surface area contributed by atoms with Crippen LogP contribution in [0.5, 0.6) is 0 Å². The highest BCUT2D eigenvalue weighted by atomic mass is 32.1. The van der Waals surface area contributed by atoms with Gasteiger partial charge in [-0.2, -0.15) is 5.10 Å². The van der Waals surface area contributed by atoms with Crippen molar-refractivity contribution < 1.29 is 0 Å². The predicted molar refractivity (Wildman–Crippen MR) is 113 cm³/mol. The van der Waals surface area contributed by atoms with Crippen molar-refractivity contribution in [2.45, 2.75) is 0 Å². The first-order valence-corrected chi connectivity index (χ1v) is 9.88. The summed E-state index contributed by atoms with van der Waals surface area (Å²) in [4.78, 5) is 22.4. The Hall–Kier alpha value is -3.91. The summed E-state index contributed by atoms with van der Waals surface area (Å²) in [5, 5.41) is 10.7. The first-order chi connectivity index (χ1) is 14.4. The summed E-state index contributed by atoms with van der Waals surface area (Å²) in [5.41, 5.74) is 6.71. The van der Waals surface area contributed by atoms with Crippen LogP contribution in [0, 0.1) is 0 Å². The minimum atomic E-state index is 0.722. The smallest absolute Gasteiger partial charge is 0.138 e. The fourth-order valence-corrected chi connectivity index (χ4v) is 4.23.